The van der Waals surface area contributed by atoms with Crippen LogP contribution < -0.4 is 9.47 Å². The van der Waals surface area contributed by atoms with E-state index in [1.807, 2.05) is 48.5 Å². The molecular formula is C20H24O5. The average Bonchev–Trinajstić information content (AvgIpc) is 2.58. The second-order valence-electron chi connectivity index (χ2n) is 6.51. The minimum absolute atomic E-state index is 0.591. The summed E-state index contributed by atoms with van der Waals surface area (Å²) in [5.74, 6) is 1.46. The van der Waals surface area contributed by atoms with Gasteiger partial charge in [0.05, 0.1) is 14.2 Å². The van der Waals surface area contributed by atoms with E-state index in [1.165, 1.54) is 0 Å². The molecule has 0 radical (unpaired) electrons. The average molecular weight is 344 g/mol. The van der Waals surface area contributed by atoms with Crippen LogP contribution in [0.15, 0.2) is 48.5 Å². The number of ether oxygens (including phenoxy) is 4. The Morgan fingerprint density at radius 1 is 0.800 bits per heavy atom. The third kappa shape index (κ3) is 5.41. The Morgan fingerprint density at radius 2 is 1.20 bits per heavy atom. The molecule has 0 aliphatic carbocycles. The van der Waals surface area contributed by atoms with Crippen molar-refractivity contribution in [3.05, 3.63) is 59.7 Å². The summed E-state index contributed by atoms with van der Waals surface area (Å²) >= 11 is 0. The number of benzene rings is 2. The number of rotatable bonds is 5. The fourth-order valence-electron chi connectivity index (χ4n) is 2.26. The van der Waals surface area contributed by atoms with E-state index in [0.717, 1.165) is 22.6 Å². The molecule has 0 fully saturated rings. The van der Waals surface area contributed by atoms with Gasteiger partial charge >= 0.3 is 6.16 Å². The summed E-state index contributed by atoms with van der Waals surface area (Å²) in [5, 5.41) is 0. The molecule has 2 aromatic carbocycles. The van der Waals surface area contributed by atoms with Crippen LogP contribution in [0.1, 0.15) is 38.0 Å². The van der Waals surface area contributed by atoms with Crippen LogP contribution in [-0.2, 0) is 9.47 Å². The van der Waals surface area contributed by atoms with Gasteiger partial charge in [-0.05, 0) is 56.2 Å². The standard InChI is InChI=1S/C20H24O5/c1-20(2,3)25-19(21)24-18(14-6-10-16(22-4)11-7-14)15-8-12-17(23-5)13-9-15/h6-13,18H,1-5H3. The Hall–Kier alpha value is -2.69. The van der Waals surface area contributed by atoms with Crippen LogP contribution in [0.5, 0.6) is 11.5 Å². The van der Waals surface area contributed by atoms with E-state index in [4.69, 9.17) is 18.9 Å². The molecule has 134 valence electrons. The van der Waals surface area contributed by atoms with Crippen LogP contribution in [0.3, 0.4) is 0 Å². The molecule has 2 rings (SSSR count). The van der Waals surface area contributed by atoms with Crippen LogP contribution in [0.4, 0.5) is 4.79 Å². The zero-order valence-electron chi connectivity index (χ0n) is 15.2. The van der Waals surface area contributed by atoms with Crippen molar-refractivity contribution >= 4 is 6.16 Å². The molecule has 5 nitrogen and oxygen atoms in total. The van der Waals surface area contributed by atoms with E-state index >= 15 is 0 Å². The molecular weight excluding hydrogens is 320 g/mol. The van der Waals surface area contributed by atoms with Gasteiger partial charge in [-0.3, -0.25) is 0 Å². The van der Waals surface area contributed by atoms with Gasteiger partial charge in [-0.1, -0.05) is 24.3 Å². The molecule has 0 bridgehead atoms. The zero-order valence-corrected chi connectivity index (χ0v) is 15.2. The van der Waals surface area contributed by atoms with Crippen LogP contribution in [-0.4, -0.2) is 26.0 Å². The Balaban J connectivity index is 2.30. The van der Waals surface area contributed by atoms with Gasteiger partial charge in [0.25, 0.3) is 0 Å². The zero-order chi connectivity index (χ0) is 18.4. The van der Waals surface area contributed by atoms with E-state index in [1.54, 1.807) is 35.0 Å². The molecule has 0 saturated heterocycles. The topological polar surface area (TPSA) is 54.0 Å². The molecule has 0 unspecified atom stereocenters. The van der Waals surface area contributed by atoms with Crippen molar-refractivity contribution < 1.29 is 23.7 Å². The van der Waals surface area contributed by atoms with E-state index < -0.39 is 17.9 Å². The third-order valence-electron chi connectivity index (χ3n) is 3.44. The number of hydrogen-bond acceptors (Lipinski definition) is 5. The summed E-state index contributed by atoms with van der Waals surface area (Å²) in [4.78, 5) is 12.2. The van der Waals surface area contributed by atoms with Crippen LogP contribution >= 0.6 is 0 Å². The number of hydrogen-bond donors (Lipinski definition) is 0. The van der Waals surface area contributed by atoms with Gasteiger partial charge in [0.1, 0.15) is 17.1 Å². The maximum absolute atomic E-state index is 12.2. The van der Waals surface area contributed by atoms with Crippen LogP contribution in [0.25, 0.3) is 0 Å². The van der Waals surface area contributed by atoms with E-state index in [9.17, 15) is 4.79 Å². The van der Waals surface area contributed by atoms with Crippen molar-refractivity contribution in [3.63, 3.8) is 0 Å². The summed E-state index contributed by atoms with van der Waals surface area (Å²) in [7, 11) is 3.21. The monoisotopic (exact) mass is 344 g/mol. The van der Waals surface area contributed by atoms with Gasteiger partial charge in [-0.2, -0.15) is 0 Å². The van der Waals surface area contributed by atoms with E-state index in [-0.39, 0.29) is 0 Å². The summed E-state index contributed by atoms with van der Waals surface area (Å²) in [6.07, 6.45) is -1.31. The molecule has 0 amide bonds. The van der Waals surface area contributed by atoms with E-state index in [0.29, 0.717) is 0 Å². The molecule has 0 aliphatic rings. The van der Waals surface area contributed by atoms with Gasteiger partial charge in [0.2, 0.25) is 0 Å². The predicted octanol–water partition coefficient (Wildman–Crippen LogP) is 4.74. The second-order valence-corrected chi connectivity index (χ2v) is 6.51. The Kier molecular flexibility index (Phi) is 5.91. The normalized spacial score (nSPS) is 11.1. The quantitative estimate of drug-likeness (QED) is 0.733. The second kappa shape index (κ2) is 7.92. The summed E-state index contributed by atoms with van der Waals surface area (Å²) in [5.41, 5.74) is 1.01. The highest BCUT2D eigenvalue weighted by Crippen LogP contribution is 2.30. The Morgan fingerprint density at radius 3 is 1.52 bits per heavy atom. The van der Waals surface area contributed by atoms with Crippen LogP contribution in [0, 0.1) is 0 Å². The van der Waals surface area contributed by atoms with Gasteiger partial charge in [0, 0.05) is 0 Å². The highest BCUT2D eigenvalue weighted by atomic mass is 16.7. The van der Waals surface area contributed by atoms with Crippen molar-refractivity contribution in [2.75, 3.05) is 14.2 Å². The van der Waals surface area contributed by atoms with Crippen molar-refractivity contribution in [2.24, 2.45) is 0 Å². The molecule has 0 aliphatic heterocycles. The lowest BCUT2D eigenvalue weighted by Crippen LogP contribution is -2.25. The van der Waals surface area contributed by atoms with Crippen LogP contribution in [0.2, 0.25) is 0 Å². The van der Waals surface area contributed by atoms with Gasteiger partial charge in [0.15, 0.2) is 6.10 Å². The fraction of sp³-hybridized carbons (Fsp3) is 0.350. The van der Waals surface area contributed by atoms with Gasteiger partial charge in [-0.15, -0.1) is 0 Å². The Bertz CT molecular complexity index is 636. The summed E-state index contributed by atoms with van der Waals surface area (Å²) in [6, 6.07) is 14.7. The largest absolute Gasteiger partial charge is 0.509 e. The number of methoxy groups -OCH3 is 2. The summed E-state index contributed by atoms with van der Waals surface area (Å²) < 4.78 is 21.3. The van der Waals surface area contributed by atoms with Crippen molar-refractivity contribution in [1.82, 2.24) is 0 Å². The molecule has 25 heavy (non-hydrogen) atoms. The molecule has 0 atom stereocenters. The highest BCUT2D eigenvalue weighted by Gasteiger charge is 2.24. The maximum atomic E-state index is 12.2. The lowest BCUT2D eigenvalue weighted by molar-refractivity contribution is -0.0201. The molecule has 0 heterocycles. The molecule has 0 saturated carbocycles. The molecule has 0 spiro atoms. The lowest BCUT2D eigenvalue weighted by Gasteiger charge is -2.23. The molecule has 0 aromatic heterocycles. The smallest absolute Gasteiger partial charge is 0.497 e. The van der Waals surface area contributed by atoms with Gasteiger partial charge < -0.3 is 18.9 Å². The molecule has 5 heteroatoms. The lowest BCUT2D eigenvalue weighted by atomic mass is 10.0. The van der Waals surface area contributed by atoms with Crippen molar-refractivity contribution in [2.45, 2.75) is 32.5 Å². The first-order chi connectivity index (χ1) is 11.8. The Labute approximate surface area is 148 Å². The highest BCUT2D eigenvalue weighted by molar-refractivity contribution is 5.61. The number of carbonyl (C=O) groups is 1. The first kappa shape index (κ1) is 18.6. The first-order valence-electron chi connectivity index (χ1n) is 8.00. The fourth-order valence-corrected chi connectivity index (χ4v) is 2.26. The van der Waals surface area contributed by atoms with Crippen molar-refractivity contribution in [1.29, 1.82) is 0 Å². The van der Waals surface area contributed by atoms with Gasteiger partial charge in [-0.25, -0.2) is 4.79 Å². The molecule has 0 N–H and O–H groups in total. The first-order valence-corrected chi connectivity index (χ1v) is 8.00. The van der Waals surface area contributed by atoms with Crippen molar-refractivity contribution in [3.8, 4) is 11.5 Å². The predicted molar refractivity (Wildman–Crippen MR) is 95.2 cm³/mol. The summed E-state index contributed by atoms with van der Waals surface area (Å²) in [6.45, 7) is 5.39. The third-order valence-corrected chi connectivity index (χ3v) is 3.44. The molecule has 2 aromatic rings. The number of carbonyl (C=O) groups excluding carboxylic acids is 1. The minimum Gasteiger partial charge on any atom is -0.497 e. The maximum Gasteiger partial charge on any atom is 0.509 e. The van der Waals surface area contributed by atoms with E-state index in [2.05, 4.69) is 0 Å². The minimum atomic E-state index is -0.718. The SMILES string of the molecule is COc1ccc(C(OC(=O)OC(C)(C)C)c2ccc(OC)cc2)cc1.